The summed E-state index contributed by atoms with van der Waals surface area (Å²) in [7, 11) is 1.44. The minimum Gasteiger partial charge on any atom is -0.401 e. The van der Waals surface area contributed by atoms with Gasteiger partial charge in [-0.1, -0.05) is 0 Å². The molecule has 0 bridgehead atoms. The smallest absolute Gasteiger partial charge is 0.401 e. The number of rotatable bonds is 4. The third-order valence-electron chi connectivity index (χ3n) is 2.79. The van der Waals surface area contributed by atoms with Crippen molar-refractivity contribution in [3.63, 3.8) is 0 Å². The Kier molecular flexibility index (Phi) is 4.51. The van der Waals surface area contributed by atoms with Crippen LogP contribution in [0.5, 0.6) is 0 Å². The van der Waals surface area contributed by atoms with E-state index < -0.39 is 17.0 Å². The second kappa shape index (κ2) is 6.52. The maximum absolute atomic E-state index is 11.8. The Balaban J connectivity index is 1.92. The van der Waals surface area contributed by atoms with Gasteiger partial charge in [0.1, 0.15) is 10.7 Å². The number of hydrogen-bond acceptors (Lipinski definition) is 6. The zero-order valence-electron chi connectivity index (χ0n) is 11.6. The maximum atomic E-state index is 11.8. The Hall–Kier alpha value is -3.17. The van der Waals surface area contributed by atoms with Crippen LogP contribution >= 0.6 is 0 Å². The summed E-state index contributed by atoms with van der Waals surface area (Å²) in [4.78, 5) is 34.0. The normalized spacial score (nSPS) is 15.2. The number of imide groups is 1. The van der Waals surface area contributed by atoms with E-state index in [9.17, 15) is 19.7 Å². The molecular formula is C12H13N5O5. The molecule has 0 spiro atoms. The largest absolute Gasteiger partial charge is 0.433 e. The molecule has 1 aromatic rings. The van der Waals surface area contributed by atoms with E-state index in [1.807, 2.05) is 0 Å². The average molecular weight is 307 g/mol. The molecular weight excluding hydrogens is 294 g/mol. The Morgan fingerprint density at radius 3 is 2.91 bits per heavy atom. The van der Waals surface area contributed by atoms with Crippen molar-refractivity contribution >= 4 is 30.2 Å². The minimum atomic E-state index is -0.637. The van der Waals surface area contributed by atoms with Crippen LogP contribution in [0.3, 0.4) is 0 Å². The van der Waals surface area contributed by atoms with Crippen LogP contribution in [0.25, 0.3) is 6.08 Å². The van der Waals surface area contributed by atoms with Crippen LogP contribution in [0.4, 0.5) is 15.5 Å². The lowest BCUT2D eigenvalue weighted by molar-refractivity contribution is -0.402. The van der Waals surface area contributed by atoms with Gasteiger partial charge in [0.25, 0.3) is 0 Å². The Labute approximate surface area is 124 Å². The number of carbonyl (C=O) groups excluding carboxylic acids is 2. The third-order valence-corrected chi connectivity index (χ3v) is 2.79. The highest BCUT2D eigenvalue weighted by Gasteiger charge is 2.32. The zero-order chi connectivity index (χ0) is 16.1. The SMILES string of the molecule is CNC(=O)N1CCN(N=C/C=C/c2ccc([N+](=O)[O-])o2)C1=O. The van der Waals surface area contributed by atoms with E-state index in [4.69, 9.17) is 4.42 Å². The summed E-state index contributed by atoms with van der Waals surface area (Å²) < 4.78 is 4.91. The first-order valence-corrected chi connectivity index (χ1v) is 6.28. The van der Waals surface area contributed by atoms with Gasteiger partial charge in [0.15, 0.2) is 0 Å². The molecule has 1 aliphatic heterocycles. The van der Waals surface area contributed by atoms with Crippen molar-refractivity contribution in [2.45, 2.75) is 0 Å². The number of furan rings is 1. The molecule has 4 amide bonds. The number of urea groups is 2. The van der Waals surface area contributed by atoms with Gasteiger partial charge in [0, 0.05) is 13.3 Å². The van der Waals surface area contributed by atoms with Crippen molar-refractivity contribution in [3.05, 3.63) is 34.1 Å². The van der Waals surface area contributed by atoms with E-state index in [1.165, 1.54) is 37.5 Å². The molecule has 0 aromatic carbocycles. The number of nitro groups is 1. The first-order valence-electron chi connectivity index (χ1n) is 6.28. The highest BCUT2D eigenvalue weighted by atomic mass is 16.6. The highest BCUT2D eigenvalue weighted by molar-refractivity contribution is 5.95. The molecule has 1 fully saturated rings. The van der Waals surface area contributed by atoms with Crippen molar-refractivity contribution in [1.82, 2.24) is 15.2 Å². The summed E-state index contributed by atoms with van der Waals surface area (Å²) in [5.41, 5.74) is 0. The molecule has 116 valence electrons. The van der Waals surface area contributed by atoms with Crippen molar-refractivity contribution in [3.8, 4) is 0 Å². The summed E-state index contributed by atoms with van der Waals surface area (Å²) in [6.45, 7) is 0.548. The Bertz CT molecular complexity index is 650. The fourth-order valence-electron chi connectivity index (χ4n) is 1.74. The molecule has 1 aliphatic rings. The van der Waals surface area contributed by atoms with Crippen LogP contribution in [0, 0.1) is 10.1 Å². The minimum absolute atomic E-state index is 0.254. The van der Waals surface area contributed by atoms with Gasteiger partial charge in [-0.05, 0) is 18.2 Å². The topological polar surface area (TPSA) is 121 Å². The number of nitrogens with one attached hydrogen (secondary N) is 1. The lowest BCUT2D eigenvalue weighted by Gasteiger charge is -2.12. The van der Waals surface area contributed by atoms with Gasteiger partial charge in [0.2, 0.25) is 0 Å². The van der Waals surface area contributed by atoms with Crippen molar-refractivity contribution in [1.29, 1.82) is 0 Å². The number of amides is 4. The highest BCUT2D eigenvalue weighted by Crippen LogP contribution is 2.16. The van der Waals surface area contributed by atoms with Crippen molar-refractivity contribution < 1.29 is 18.9 Å². The van der Waals surface area contributed by atoms with Crippen LogP contribution in [-0.2, 0) is 0 Å². The molecule has 1 aromatic heterocycles. The molecule has 0 radical (unpaired) electrons. The number of hydrazone groups is 1. The molecule has 0 aliphatic carbocycles. The number of allylic oxidation sites excluding steroid dienone is 1. The van der Waals surface area contributed by atoms with Crippen LogP contribution in [0.1, 0.15) is 5.76 Å². The van der Waals surface area contributed by atoms with Gasteiger partial charge >= 0.3 is 17.9 Å². The summed E-state index contributed by atoms with van der Waals surface area (Å²) in [6, 6.07) is 1.68. The average Bonchev–Trinajstić information content (AvgIpc) is 3.10. The molecule has 2 heterocycles. The molecule has 2 rings (SSSR count). The quantitative estimate of drug-likeness (QED) is 0.510. The summed E-state index contributed by atoms with van der Waals surface area (Å²) >= 11 is 0. The van der Waals surface area contributed by atoms with Gasteiger partial charge in [-0.25, -0.2) is 19.5 Å². The molecule has 10 heteroatoms. The molecule has 0 saturated carbocycles. The lowest BCUT2D eigenvalue weighted by atomic mass is 10.4. The molecule has 1 N–H and O–H groups in total. The monoisotopic (exact) mass is 307 g/mol. The summed E-state index contributed by atoms with van der Waals surface area (Å²) in [5.74, 6) is -0.0644. The third kappa shape index (κ3) is 3.29. The first-order chi connectivity index (χ1) is 10.5. The zero-order valence-corrected chi connectivity index (χ0v) is 11.6. The van der Waals surface area contributed by atoms with Crippen LogP contribution in [0.2, 0.25) is 0 Å². The Morgan fingerprint density at radius 2 is 2.27 bits per heavy atom. The lowest BCUT2D eigenvalue weighted by Crippen LogP contribution is -2.40. The standard InChI is InChI=1S/C12H13N5O5/c1-13-11(18)15-7-8-16(12(15)19)14-6-2-3-9-4-5-10(22-9)17(20)21/h2-6H,7-8H2,1H3,(H,13,18)/b3-2+,14-6?. The van der Waals surface area contributed by atoms with Gasteiger partial charge in [-0.3, -0.25) is 10.1 Å². The summed E-state index contributed by atoms with van der Waals surface area (Å²) in [6.07, 6.45) is 4.27. The van der Waals surface area contributed by atoms with Gasteiger partial charge in [0.05, 0.1) is 19.2 Å². The fourth-order valence-corrected chi connectivity index (χ4v) is 1.74. The second-order valence-electron chi connectivity index (χ2n) is 4.17. The Morgan fingerprint density at radius 1 is 1.50 bits per heavy atom. The summed E-state index contributed by atoms with van der Waals surface area (Å²) in [5, 5.41) is 17.9. The van der Waals surface area contributed by atoms with E-state index in [-0.39, 0.29) is 18.2 Å². The first kappa shape index (κ1) is 15.2. The number of carbonyl (C=O) groups is 2. The van der Waals surface area contributed by atoms with E-state index >= 15 is 0 Å². The van der Waals surface area contributed by atoms with Crippen molar-refractivity contribution in [2.75, 3.05) is 20.1 Å². The van der Waals surface area contributed by atoms with E-state index in [0.717, 1.165) is 9.91 Å². The molecule has 1 saturated heterocycles. The molecule has 0 unspecified atom stereocenters. The van der Waals surface area contributed by atoms with Gasteiger partial charge < -0.3 is 9.73 Å². The second-order valence-corrected chi connectivity index (χ2v) is 4.17. The molecule has 10 nitrogen and oxygen atoms in total. The van der Waals surface area contributed by atoms with Crippen LogP contribution in [-0.4, -0.2) is 53.2 Å². The predicted octanol–water partition coefficient (Wildman–Crippen LogP) is 1.26. The fraction of sp³-hybridized carbons (Fsp3) is 0.250. The van der Waals surface area contributed by atoms with Gasteiger partial charge in [-0.15, -0.1) is 0 Å². The van der Waals surface area contributed by atoms with Crippen LogP contribution < -0.4 is 5.32 Å². The van der Waals surface area contributed by atoms with E-state index in [1.54, 1.807) is 0 Å². The number of hydrogen-bond donors (Lipinski definition) is 1. The molecule has 22 heavy (non-hydrogen) atoms. The maximum Gasteiger partial charge on any atom is 0.433 e. The van der Waals surface area contributed by atoms with Gasteiger partial charge in [-0.2, -0.15) is 5.10 Å². The predicted molar refractivity (Wildman–Crippen MR) is 76.2 cm³/mol. The van der Waals surface area contributed by atoms with E-state index in [2.05, 4.69) is 10.4 Å². The van der Waals surface area contributed by atoms with Crippen LogP contribution in [0.15, 0.2) is 27.7 Å². The molecule has 0 atom stereocenters. The van der Waals surface area contributed by atoms with E-state index in [0.29, 0.717) is 6.54 Å². The number of nitrogens with zero attached hydrogens (tertiary/aromatic N) is 4. The van der Waals surface area contributed by atoms with Crippen molar-refractivity contribution in [2.24, 2.45) is 5.10 Å².